The van der Waals surface area contributed by atoms with Crippen molar-refractivity contribution in [3.63, 3.8) is 0 Å². The van der Waals surface area contributed by atoms with E-state index in [9.17, 15) is 4.79 Å². The Kier molecular flexibility index (Phi) is 5.66. The van der Waals surface area contributed by atoms with Crippen LogP contribution in [0.2, 0.25) is 0 Å². The lowest BCUT2D eigenvalue weighted by atomic mass is 10.0. The SMILES string of the molecule is CC(C)CC(CO)NC(=O)[C@@H](C)N. The van der Waals surface area contributed by atoms with E-state index < -0.39 is 6.04 Å². The van der Waals surface area contributed by atoms with Gasteiger partial charge >= 0.3 is 0 Å². The molecule has 0 aliphatic carbocycles. The third-order valence-electron chi connectivity index (χ3n) is 1.74. The van der Waals surface area contributed by atoms with Crippen molar-refractivity contribution in [3.8, 4) is 0 Å². The van der Waals surface area contributed by atoms with Gasteiger partial charge in [0.2, 0.25) is 5.91 Å². The summed E-state index contributed by atoms with van der Waals surface area (Å²) in [5.74, 6) is 0.241. The Hall–Kier alpha value is -0.610. The molecule has 0 spiro atoms. The second-order valence-electron chi connectivity index (χ2n) is 3.81. The molecule has 13 heavy (non-hydrogen) atoms. The zero-order valence-corrected chi connectivity index (χ0v) is 8.58. The first kappa shape index (κ1) is 12.4. The van der Waals surface area contributed by atoms with E-state index in [1.54, 1.807) is 6.92 Å². The Labute approximate surface area is 79.5 Å². The molecule has 1 unspecified atom stereocenters. The fourth-order valence-electron chi connectivity index (χ4n) is 1.08. The summed E-state index contributed by atoms with van der Waals surface area (Å²) in [6.07, 6.45) is 0.773. The lowest BCUT2D eigenvalue weighted by Gasteiger charge is -2.19. The van der Waals surface area contributed by atoms with Crippen LogP contribution in [-0.4, -0.2) is 29.7 Å². The van der Waals surface area contributed by atoms with Crippen molar-refractivity contribution in [2.75, 3.05) is 6.61 Å². The van der Waals surface area contributed by atoms with Gasteiger partial charge in [0.15, 0.2) is 0 Å². The summed E-state index contributed by atoms with van der Waals surface area (Å²) in [4.78, 5) is 11.1. The van der Waals surface area contributed by atoms with Crippen LogP contribution in [0.5, 0.6) is 0 Å². The van der Waals surface area contributed by atoms with E-state index in [1.165, 1.54) is 0 Å². The normalized spacial score (nSPS) is 15.5. The largest absolute Gasteiger partial charge is 0.394 e. The minimum absolute atomic E-state index is 0.0311. The Bertz CT molecular complexity index is 158. The Morgan fingerprint density at radius 3 is 2.31 bits per heavy atom. The third kappa shape index (κ3) is 5.60. The number of nitrogens with two attached hydrogens (primary N) is 1. The summed E-state index contributed by atoms with van der Waals surface area (Å²) in [6, 6.07) is -0.681. The number of hydrogen-bond donors (Lipinski definition) is 3. The van der Waals surface area contributed by atoms with Gasteiger partial charge in [-0.1, -0.05) is 13.8 Å². The van der Waals surface area contributed by atoms with E-state index in [0.29, 0.717) is 5.92 Å². The minimum Gasteiger partial charge on any atom is -0.394 e. The molecule has 2 atom stereocenters. The van der Waals surface area contributed by atoms with Crippen molar-refractivity contribution in [3.05, 3.63) is 0 Å². The van der Waals surface area contributed by atoms with E-state index in [4.69, 9.17) is 10.8 Å². The van der Waals surface area contributed by atoms with E-state index >= 15 is 0 Å². The van der Waals surface area contributed by atoms with Gasteiger partial charge in [-0.2, -0.15) is 0 Å². The van der Waals surface area contributed by atoms with Crippen LogP contribution in [0, 0.1) is 5.92 Å². The molecule has 4 heteroatoms. The summed E-state index contributed by atoms with van der Waals surface area (Å²) in [5, 5.41) is 11.6. The van der Waals surface area contributed by atoms with Crippen LogP contribution in [0.3, 0.4) is 0 Å². The molecule has 0 aromatic carbocycles. The molecule has 0 saturated heterocycles. The van der Waals surface area contributed by atoms with Gasteiger partial charge in [-0.25, -0.2) is 0 Å². The molecule has 1 amide bonds. The van der Waals surface area contributed by atoms with Gasteiger partial charge in [0, 0.05) is 0 Å². The first-order valence-electron chi connectivity index (χ1n) is 4.64. The molecular weight excluding hydrogens is 168 g/mol. The fourth-order valence-corrected chi connectivity index (χ4v) is 1.08. The van der Waals surface area contributed by atoms with Gasteiger partial charge in [-0.15, -0.1) is 0 Å². The second-order valence-corrected chi connectivity index (χ2v) is 3.81. The Balaban J connectivity index is 3.90. The average molecular weight is 188 g/mol. The maximum Gasteiger partial charge on any atom is 0.236 e. The van der Waals surface area contributed by atoms with Gasteiger partial charge in [0.05, 0.1) is 18.7 Å². The predicted octanol–water partition coefficient (Wildman–Crippen LogP) is -0.143. The van der Waals surface area contributed by atoms with Crippen molar-refractivity contribution in [1.29, 1.82) is 0 Å². The molecule has 4 nitrogen and oxygen atoms in total. The van der Waals surface area contributed by atoms with Crippen molar-refractivity contribution in [1.82, 2.24) is 5.32 Å². The number of carbonyl (C=O) groups excluding carboxylic acids is 1. The first-order valence-corrected chi connectivity index (χ1v) is 4.64. The highest BCUT2D eigenvalue weighted by Crippen LogP contribution is 2.03. The van der Waals surface area contributed by atoms with Gasteiger partial charge in [-0.3, -0.25) is 4.79 Å². The van der Waals surface area contributed by atoms with Crippen LogP contribution in [0.25, 0.3) is 0 Å². The highest BCUT2D eigenvalue weighted by Gasteiger charge is 2.14. The van der Waals surface area contributed by atoms with Gasteiger partial charge in [0.1, 0.15) is 0 Å². The minimum atomic E-state index is -0.513. The predicted molar refractivity (Wildman–Crippen MR) is 52.1 cm³/mol. The maximum absolute atomic E-state index is 11.1. The van der Waals surface area contributed by atoms with Gasteiger partial charge in [-0.05, 0) is 19.3 Å². The monoisotopic (exact) mass is 188 g/mol. The van der Waals surface area contributed by atoms with Crippen molar-refractivity contribution in [2.45, 2.75) is 39.3 Å². The van der Waals surface area contributed by atoms with Crippen LogP contribution >= 0.6 is 0 Å². The molecule has 0 fully saturated rings. The summed E-state index contributed by atoms with van der Waals surface area (Å²) in [6.45, 7) is 5.68. The average Bonchev–Trinajstić information content (AvgIpc) is 2.02. The molecule has 0 aromatic rings. The van der Waals surface area contributed by atoms with Gasteiger partial charge < -0.3 is 16.2 Å². The van der Waals surface area contributed by atoms with Crippen LogP contribution in [-0.2, 0) is 4.79 Å². The molecule has 0 aliphatic rings. The molecule has 0 aliphatic heterocycles. The molecule has 0 rings (SSSR count). The molecule has 0 radical (unpaired) electrons. The van der Waals surface area contributed by atoms with Crippen LogP contribution < -0.4 is 11.1 Å². The smallest absolute Gasteiger partial charge is 0.236 e. The molecule has 0 heterocycles. The van der Waals surface area contributed by atoms with Crippen LogP contribution in [0.15, 0.2) is 0 Å². The van der Waals surface area contributed by atoms with Crippen LogP contribution in [0.4, 0.5) is 0 Å². The molecule has 0 aromatic heterocycles. The summed E-state index contributed by atoms with van der Waals surface area (Å²) in [5.41, 5.74) is 5.38. The first-order chi connectivity index (χ1) is 5.97. The Morgan fingerprint density at radius 1 is 1.46 bits per heavy atom. The highest BCUT2D eigenvalue weighted by molar-refractivity contribution is 5.81. The zero-order valence-electron chi connectivity index (χ0n) is 8.58. The maximum atomic E-state index is 11.1. The summed E-state index contributed by atoms with van der Waals surface area (Å²) in [7, 11) is 0. The second kappa shape index (κ2) is 5.94. The van der Waals surface area contributed by atoms with Crippen LogP contribution in [0.1, 0.15) is 27.2 Å². The molecule has 0 saturated carbocycles. The number of aliphatic hydroxyl groups is 1. The number of aliphatic hydroxyl groups excluding tert-OH is 1. The van der Waals surface area contributed by atoms with E-state index in [0.717, 1.165) is 6.42 Å². The van der Waals surface area contributed by atoms with Crippen molar-refractivity contribution >= 4 is 5.91 Å². The van der Waals surface area contributed by atoms with E-state index in [2.05, 4.69) is 5.32 Å². The van der Waals surface area contributed by atoms with E-state index in [-0.39, 0.29) is 18.6 Å². The Morgan fingerprint density at radius 2 is 2.00 bits per heavy atom. The number of amides is 1. The lowest BCUT2D eigenvalue weighted by molar-refractivity contribution is -0.123. The number of rotatable bonds is 5. The molecular formula is C9H20N2O2. The zero-order chi connectivity index (χ0) is 10.4. The third-order valence-corrected chi connectivity index (χ3v) is 1.74. The summed E-state index contributed by atoms with van der Waals surface area (Å²) >= 11 is 0. The quantitative estimate of drug-likeness (QED) is 0.562. The molecule has 78 valence electrons. The lowest BCUT2D eigenvalue weighted by Crippen LogP contribution is -2.45. The number of carbonyl (C=O) groups is 1. The molecule has 0 bridgehead atoms. The van der Waals surface area contributed by atoms with E-state index in [1.807, 2.05) is 13.8 Å². The molecule has 4 N–H and O–H groups in total. The highest BCUT2D eigenvalue weighted by atomic mass is 16.3. The fraction of sp³-hybridized carbons (Fsp3) is 0.889. The topological polar surface area (TPSA) is 75.3 Å². The van der Waals surface area contributed by atoms with Crippen molar-refractivity contribution in [2.24, 2.45) is 11.7 Å². The van der Waals surface area contributed by atoms with Crippen molar-refractivity contribution < 1.29 is 9.90 Å². The number of nitrogens with one attached hydrogen (secondary N) is 1. The summed E-state index contributed by atoms with van der Waals surface area (Å²) < 4.78 is 0. The standard InChI is InChI=1S/C9H20N2O2/c1-6(2)4-8(5-12)11-9(13)7(3)10/h6-8,12H,4-5,10H2,1-3H3,(H,11,13)/t7-,8?/m1/s1. The number of hydrogen-bond acceptors (Lipinski definition) is 3. The van der Waals surface area contributed by atoms with Gasteiger partial charge in [0.25, 0.3) is 0 Å².